The Morgan fingerprint density at radius 2 is 1.84 bits per heavy atom. The second-order valence-electron chi connectivity index (χ2n) is 9.24. The molecular weight excluding hydrogens is 388 g/mol. The van der Waals surface area contributed by atoms with Gasteiger partial charge in [0.1, 0.15) is 18.4 Å². The molecule has 2 aromatic carbocycles. The Labute approximate surface area is 185 Å². The normalized spacial score (nSPS) is 15.7. The van der Waals surface area contributed by atoms with Crippen LogP contribution in [0.2, 0.25) is 0 Å². The molecule has 0 saturated carbocycles. The Balaban J connectivity index is 1.71. The predicted molar refractivity (Wildman–Crippen MR) is 125 cm³/mol. The first-order valence-electron chi connectivity index (χ1n) is 11.2. The number of ether oxygens (including phenoxy) is 1. The molecular formula is C26H34N2O3. The number of nitrogens with zero attached hydrogens (tertiary/aromatic N) is 1. The first kappa shape index (κ1) is 22.9. The first-order valence-corrected chi connectivity index (χ1v) is 11.2. The molecule has 0 fully saturated rings. The molecule has 31 heavy (non-hydrogen) atoms. The van der Waals surface area contributed by atoms with Gasteiger partial charge in [-0.15, -0.1) is 0 Å². The summed E-state index contributed by atoms with van der Waals surface area (Å²) in [6.45, 7) is 11.0. The van der Waals surface area contributed by atoms with E-state index in [0.717, 1.165) is 36.3 Å². The lowest BCUT2D eigenvalue weighted by Crippen LogP contribution is -2.38. The van der Waals surface area contributed by atoms with Crippen LogP contribution in [-0.4, -0.2) is 25.0 Å². The number of hydrogen-bond donors (Lipinski definition) is 1. The minimum absolute atomic E-state index is 0.0961. The van der Waals surface area contributed by atoms with Crippen LogP contribution in [0.4, 0.5) is 5.69 Å². The van der Waals surface area contributed by atoms with Crippen LogP contribution in [-0.2, 0) is 21.4 Å². The van der Waals surface area contributed by atoms with Gasteiger partial charge in [-0.25, -0.2) is 0 Å². The van der Waals surface area contributed by atoms with Crippen molar-refractivity contribution in [3.8, 4) is 5.75 Å². The number of rotatable bonds is 8. The largest absolute Gasteiger partial charge is 0.492 e. The predicted octanol–water partition coefficient (Wildman–Crippen LogP) is 4.93. The number of amides is 2. The highest BCUT2D eigenvalue weighted by molar-refractivity contribution is 6.06. The molecule has 0 bridgehead atoms. The number of unbranched alkanes of at least 4 members (excludes halogenated alkanes) is 1. The number of anilines is 1. The Morgan fingerprint density at radius 1 is 1.13 bits per heavy atom. The number of aryl methyl sites for hydroxylation is 1. The number of fused-ring (bicyclic) bond motifs is 1. The fourth-order valence-electron chi connectivity index (χ4n) is 3.90. The molecule has 2 aromatic rings. The highest BCUT2D eigenvalue weighted by Gasteiger charge is 2.37. The smallest absolute Gasteiger partial charge is 0.254 e. The summed E-state index contributed by atoms with van der Waals surface area (Å²) in [6, 6.07) is 13.6. The molecule has 0 unspecified atom stereocenters. The van der Waals surface area contributed by atoms with Gasteiger partial charge in [0.25, 0.3) is 5.91 Å². The Morgan fingerprint density at radius 3 is 2.45 bits per heavy atom. The van der Waals surface area contributed by atoms with Crippen molar-refractivity contribution in [2.75, 3.05) is 18.1 Å². The van der Waals surface area contributed by atoms with Crippen molar-refractivity contribution >= 4 is 17.5 Å². The van der Waals surface area contributed by atoms with Crippen molar-refractivity contribution in [2.24, 2.45) is 0 Å². The van der Waals surface area contributed by atoms with E-state index in [-0.39, 0.29) is 17.2 Å². The molecule has 2 amide bonds. The summed E-state index contributed by atoms with van der Waals surface area (Å²) in [4.78, 5) is 26.5. The number of nitrogens with one attached hydrogen (secondary N) is 1. The lowest BCUT2D eigenvalue weighted by atomic mass is 9.87. The maximum atomic E-state index is 13.1. The minimum Gasteiger partial charge on any atom is -0.492 e. The van der Waals surface area contributed by atoms with E-state index < -0.39 is 6.04 Å². The van der Waals surface area contributed by atoms with Gasteiger partial charge >= 0.3 is 0 Å². The van der Waals surface area contributed by atoms with Gasteiger partial charge in [-0.05, 0) is 47.6 Å². The SMILES string of the molecule is CCCCc1ccc2c(c1)[C@@H](NC(C)=O)C(=O)N2CCOc1ccc(C(C)(C)C)cc1. The molecule has 1 N–H and O–H groups in total. The van der Waals surface area contributed by atoms with Crippen LogP contribution in [0, 0.1) is 0 Å². The zero-order valence-electron chi connectivity index (χ0n) is 19.3. The molecule has 1 aliphatic heterocycles. The van der Waals surface area contributed by atoms with E-state index in [9.17, 15) is 9.59 Å². The second kappa shape index (κ2) is 9.54. The quantitative estimate of drug-likeness (QED) is 0.656. The molecule has 0 saturated heterocycles. The Bertz CT molecular complexity index is 929. The standard InChI is InChI=1S/C26H34N2O3/c1-6-7-8-19-9-14-23-22(17-19)24(27-18(2)29)25(30)28(23)15-16-31-21-12-10-20(11-13-21)26(3,4)5/h9-14,17,24H,6-8,15-16H2,1-5H3,(H,27,29)/t24-/m1/s1. The van der Waals surface area contributed by atoms with E-state index in [0.29, 0.717) is 13.2 Å². The summed E-state index contributed by atoms with van der Waals surface area (Å²) >= 11 is 0. The van der Waals surface area contributed by atoms with Crippen LogP contribution in [0.15, 0.2) is 42.5 Å². The van der Waals surface area contributed by atoms with Crippen molar-refractivity contribution < 1.29 is 14.3 Å². The zero-order valence-corrected chi connectivity index (χ0v) is 19.3. The third-order valence-electron chi connectivity index (χ3n) is 5.68. The lowest BCUT2D eigenvalue weighted by molar-refractivity contribution is -0.126. The second-order valence-corrected chi connectivity index (χ2v) is 9.24. The van der Waals surface area contributed by atoms with Crippen molar-refractivity contribution in [3.05, 3.63) is 59.2 Å². The van der Waals surface area contributed by atoms with Gasteiger partial charge in [-0.2, -0.15) is 0 Å². The average molecular weight is 423 g/mol. The zero-order chi connectivity index (χ0) is 22.6. The number of carbonyl (C=O) groups excluding carboxylic acids is 2. The van der Waals surface area contributed by atoms with Gasteiger partial charge in [0.15, 0.2) is 0 Å². The third-order valence-corrected chi connectivity index (χ3v) is 5.68. The maximum absolute atomic E-state index is 13.1. The topological polar surface area (TPSA) is 58.6 Å². The molecule has 1 atom stereocenters. The van der Waals surface area contributed by atoms with E-state index in [4.69, 9.17) is 4.74 Å². The fourth-order valence-corrected chi connectivity index (χ4v) is 3.90. The van der Waals surface area contributed by atoms with E-state index >= 15 is 0 Å². The number of hydrogen-bond acceptors (Lipinski definition) is 3. The molecule has 1 heterocycles. The monoisotopic (exact) mass is 422 g/mol. The van der Waals surface area contributed by atoms with Crippen molar-refractivity contribution in [1.29, 1.82) is 0 Å². The van der Waals surface area contributed by atoms with Crippen molar-refractivity contribution in [3.63, 3.8) is 0 Å². The first-order chi connectivity index (χ1) is 14.7. The summed E-state index contributed by atoms with van der Waals surface area (Å²) in [7, 11) is 0. The Hall–Kier alpha value is -2.82. The molecule has 3 rings (SSSR count). The third kappa shape index (κ3) is 5.46. The van der Waals surface area contributed by atoms with E-state index in [1.54, 1.807) is 4.90 Å². The highest BCUT2D eigenvalue weighted by Crippen LogP contribution is 2.37. The molecule has 5 nitrogen and oxygen atoms in total. The van der Waals surface area contributed by atoms with Gasteiger partial charge in [-0.1, -0.05) is 58.4 Å². The number of benzene rings is 2. The fraction of sp³-hybridized carbons (Fsp3) is 0.462. The summed E-state index contributed by atoms with van der Waals surface area (Å²) in [5.74, 6) is 0.470. The van der Waals surface area contributed by atoms with E-state index in [1.165, 1.54) is 18.1 Å². The molecule has 1 aliphatic rings. The van der Waals surface area contributed by atoms with Crippen LogP contribution in [0.3, 0.4) is 0 Å². The van der Waals surface area contributed by atoms with Gasteiger partial charge in [-0.3, -0.25) is 9.59 Å². The van der Waals surface area contributed by atoms with Crippen LogP contribution in [0.1, 0.15) is 70.2 Å². The number of carbonyl (C=O) groups is 2. The Kier molecular flexibility index (Phi) is 7.04. The van der Waals surface area contributed by atoms with E-state index in [1.807, 2.05) is 18.2 Å². The lowest BCUT2D eigenvalue weighted by Gasteiger charge is -2.20. The molecule has 5 heteroatoms. The average Bonchev–Trinajstić information content (AvgIpc) is 2.97. The molecule has 0 radical (unpaired) electrons. The van der Waals surface area contributed by atoms with Crippen molar-refractivity contribution in [1.82, 2.24) is 5.32 Å². The van der Waals surface area contributed by atoms with Gasteiger partial charge in [0.05, 0.1) is 6.54 Å². The summed E-state index contributed by atoms with van der Waals surface area (Å²) in [6.07, 6.45) is 3.19. The van der Waals surface area contributed by atoms with Gasteiger partial charge in [0, 0.05) is 18.2 Å². The molecule has 166 valence electrons. The van der Waals surface area contributed by atoms with Crippen LogP contribution in [0.5, 0.6) is 5.75 Å². The van der Waals surface area contributed by atoms with Gasteiger partial charge < -0.3 is 15.0 Å². The van der Waals surface area contributed by atoms with Crippen LogP contribution < -0.4 is 15.0 Å². The molecule has 0 aliphatic carbocycles. The van der Waals surface area contributed by atoms with Crippen molar-refractivity contribution in [2.45, 2.75) is 65.3 Å². The summed E-state index contributed by atoms with van der Waals surface area (Å²) in [5, 5.41) is 2.82. The maximum Gasteiger partial charge on any atom is 0.254 e. The molecule has 0 spiro atoms. The highest BCUT2D eigenvalue weighted by atomic mass is 16.5. The minimum atomic E-state index is -0.625. The van der Waals surface area contributed by atoms with Crippen LogP contribution in [0.25, 0.3) is 0 Å². The molecule has 0 aromatic heterocycles. The summed E-state index contributed by atoms with van der Waals surface area (Å²) in [5.41, 5.74) is 4.28. The van der Waals surface area contributed by atoms with E-state index in [2.05, 4.69) is 57.3 Å². The summed E-state index contributed by atoms with van der Waals surface area (Å²) < 4.78 is 5.91. The van der Waals surface area contributed by atoms with Crippen LogP contribution >= 0.6 is 0 Å². The van der Waals surface area contributed by atoms with Gasteiger partial charge in [0.2, 0.25) is 5.91 Å².